The van der Waals surface area contributed by atoms with Gasteiger partial charge in [0.1, 0.15) is 29.0 Å². The van der Waals surface area contributed by atoms with Gasteiger partial charge in [-0.15, -0.1) is 0 Å². The van der Waals surface area contributed by atoms with Crippen LogP contribution in [-0.4, -0.2) is 143 Å². The van der Waals surface area contributed by atoms with Crippen LogP contribution in [0, 0.1) is 0 Å². The van der Waals surface area contributed by atoms with Gasteiger partial charge >= 0.3 is 30.0 Å². The number of amides is 1. The molecule has 0 aromatic heterocycles. The van der Waals surface area contributed by atoms with Gasteiger partial charge in [0, 0.05) is 56.7 Å². The summed E-state index contributed by atoms with van der Waals surface area (Å²) in [7, 11) is 2.24. The zero-order valence-electron chi connectivity index (χ0n) is 34.9. The third-order valence-electron chi connectivity index (χ3n) is 11.1. The lowest BCUT2D eigenvalue weighted by Gasteiger charge is -2.43. The Morgan fingerprint density at radius 2 is 1.43 bits per heavy atom. The van der Waals surface area contributed by atoms with Crippen molar-refractivity contribution in [2.45, 2.75) is 121 Å². The average Bonchev–Trinajstić information content (AvgIpc) is 3.20. The maximum atomic E-state index is 14.0. The van der Waals surface area contributed by atoms with Gasteiger partial charge in [0.25, 0.3) is 0 Å². The fraction of sp³-hybridized carbons (Fsp3) is 0.512. The molecule has 0 bridgehead atoms. The summed E-state index contributed by atoms with van der Waals surface area (Å²) < 4.78 is 49.0. The van der Waals surface area contributed by atoms with Crippen LogP contribution in [0.2, 0.25) is 0 Å². The number of ether oxygens (including phenoxy) is 9. The average molecular weight is 888 g/mol. The van der Waals surface area contributed by atoms with Crippen LogP contribution in [0.1, 0.15) is 96.5 Å². The lowest BCUT2D eigenvalue weighted by Crippen LogP contribution is -2.64. The number of benzene rings is 2. The molecule has 4 aliphatic rings. The predicted octanol–water partition coefficient (Wildman–Crippen LogP) is 0.489. The largest absolute Gasteiger partial charge is 0.507 e. The Morgan fingerprint density at radius 1 is 0.810 bits per heavy atom. The van der Waals surface area contributed by atoms with Crippen molar-refractivity contribution in [2.75, 3.05) is 14.2 Å². The maximum absolute atomic E-state index is 14.0. The molecule has 22 heteroatoms. The number of methoxy groups -OCH3 is 2. The van der Waals surface area contributed by atoms with E-state index in [-0.39, 0.29) is 28.0 Å². The molecular weight excluding hydrogens is 842 g/mol. The van der Waals surface area contributed by atoms with Crippen molar-refractivity contribution < 1.29 is 101 Å². The first-order chi connectivity index (χ1) is 29.6. The SMILES string of the molecule is COC(=O)[C@H]1O[C@@H](OC(=O)N[C@H]2C[C@H](O[C@H]3C[C@](O)(C(C)=O)Cc4c(O)c5c(c(O)c43)C(=O)c3c(OC)cccc3C5=O)O[C@@H](C)[C@H]2O)[C@H](OC(C)=O)[C@@H](OC(C)=O)[C@@H]1OC(C)=O. The van der Waals surface area contributed by atoms with Gasteiger partial charge in [-0.2, -0.15) is 0 Å². The molecule has 2 aromatic carbocycles. The van der Waals surface area contributed by atoms with Crippen molar-refractivity contribution in [1.29, 1.82) is 0 Å². The summed E-state index contributed by atoms with van der Waals surface area (Å²) in [4.78, 5) is 103. The van der Waals surface area contributed by atoms with E-state index in [1.165, 1.54) is 32.2 Å². The van der Waals surface area contributed by atoms with Gasteiger partial charge in [-0.25, -0.2) is 9.59 Å². The molecule has 0 spiro atoms. The number of Topliss-reactive ketones (excluding diaryl/α,β-unsaturated/α-hetero) is 1. The summed E-state index contributed by atoms with van der Waals surface area (Å²) >= 11 is 0. The zero-order chi connectivity index (χ0) is 46.4. The molecule has 0 radical (unpaired) electrons. The van der Waals surface area contributed by atoms with E-state index in [4.69, 9.17) is 42.6 Å². The number of hydrogen-bond acceptors (Lipinski definition) is 21. The summed E-state index contributed by atoms with van der Waals surface area (Å²) in [5.74, 6) is -8.14. The van der Waals surface area contributed by atoms with Crippen LogP contribution in [0.5, 0.6) is 17.2 Å². The van der Waals surface area contributed by atoms with Gasteiger partial charge in [-0.1, -0.05) is 12.1 Å². The van der Waals surface area contributed by atoms with E-state index in [9.17, 15) is 58.8 Å². The third kappa shape index (κ3) is 8.76. The fourth-order valence-electron chi connectivity index (χ4n) is 8.23. The van der Waals surface area contributed by atoms with Gasteiger partial charge < -0.3 is 68.4 Å². The fourth-order valence-corrected chi connectivity index (χ4v) is 8.23. The molecule has 5 N–H and O–H groups in total. The topological polar surface area (TPSA) is 313 Å². The van der Waals surface area contributed by atoms with Crippen LogP contribution in [0.4, 0.5) is 4.79 Å². The van der Waals surface area contributed by atoms with Crippen LogP contribution in [0.15, 0.2) is 18.2 Å². The molecule has 2 saturated heterocycles. The summed E-state index contributed by atoms with van der Waals surface area (Å²) in [6.07, 6.45) is -17.9. The van der Waals surface area contributed by atoms with Crippen molar-refractivity contribution >= 4 is 47.3 Å². The van der Waals surface area contributed by atoms with Crippen LogP contribution >= 0.6 is 0 Å². The van der Waals surface area contributed by atoms with Gasteiger partial charge in [0.05, 0.1) is 49.2 Å². The van der Waals surface area contributed by atoms with Crippen molar-refractivity contribution in [1.82, 2.24) is 5.32 Å². The first-order valence-corrected chi connectivity index (χ1v) is 19.4. The highest BCUT2D eigenvalue weighted by molar-refractivity contribution is 6.31. The van der Waals surface area contributed by atoms with Crippen LogP contribution in [0.3, 0.4) is 0 Å². The Labute approximate surface area is 357 Å². The number of nitrogens with one attached hydrogen (secondary N) is 1. The van der Waals surface area contributed by atoms with Crippen molar-refractivity contribution in [2.24, 2.45) is 0 Å². The van der Waals surface area contributed by atoms with E-state index >= 15 is 0 Å². The quantitative estimate of drug-likeness (QED) is 0.105. The second kappa shape index (κ2) is 17.9. The number of aliphatic hydroxyl groups excluding tert-OH is 1. The number of carbonyl (C=O) groups is 8. The van der Waals surface area contributed by atoms with E-state index in [2.05, 4.69) is 5.32 Å². The molecule has 11 atom stereocenters. The zero-order valence-corrected chi connectivity index (χ0v) is 34.9. The Bertz CT molecular complexity index is 2260. The molecule has 22 nitrogen and oxygen atoms in total. The van der Waals surface area contributed by atoms with Crippen molar-refractivity contribution in [3.05, 3.63) is 51.6 Å². The van der Waals surface area contributed by atoms with E-state index < -0.39 is 156 Å². The summed E-state index contributed by atoms with van der Waals surface area (Å²) in [6, 6.07) is 2.91. The van der Waals surface area contributed by atoms with E-state index in [0.29, 0.717) is 0 Å². The molecule has 6 rings (SSSR count). The number of esters is 4. The Hall–Kier alpha value is -6.20. The number of fused-ring (bicyclic) bond motifs is 3. The Kier molecular flexibility index (Phi) is 13.1. The minimum Gasteiger partial charge on any atom is -0.507 e. The normalized spacial score (nSPS) is 29.7. The summed E-state index contributed by atoms with van der Waals surface area (Å²) in [5, 5.41) is 48.6. The molecular formula is C41H45NO21. The molecule has 2 aliphatic heterocycles. The molecule has 2 heterocycles. The minimum absolute atomic E-state index is 0.0164. The lowest BCUT2D eigenvalue weighted by molar-refractivity contribution is -0.288. The highest BCUT2D eigenvalue weighted by Gasteiger charge is 2.57. The van der Waals surface area contributed by atoms with Crippen molar-refractivity contribution in [3.8, 4) is 17.2 Å². The Morgan fingerprint density at radius 3 is 2.03 bits per heavy atom. The number of rotatable bonds is 10. The van der Waals surface area contributed by atoms with Gasteiger partial charge in [-0.05, 0) is 19.9 Å². The van der Waals surface area contributed by atoms with E-state index in [0.717, 1.165) is 34.8 Å². The number of phenolic OH excluding ortho intramolecular Hbond substituents is 2. The third-order valence-corrected chi connectivity index (χ3v) is 11.1. The number of aromatic hydroxyl groups is 2. The van der Waals surface area contributed by atoms with Crippen LogP contribution in [0.25, 0.3) is 0 Å². The first-order valence-electron chi connectivity index (χ1n) is 19.4. The summed E-state index contributed by atoms with van der Waals surface area (Å²) in [5.41, 5.74) is -4.19. The summed E-state index contributed by atoms with van der Waals surface area (Å²) in [6.45, 7) is 5.38. The molecule has 2 aliphatic carbocycles. The van der Waals surface area contributed by atoms with Crippen molar-refractivity contribution in [3.63, 3.8) is 0 Å². The Balaban J connectivity index is 1.30. The van der Waals surface area contributed by atoms with Crippen LogP contribution in [-0.2, 0) is 68.3 Å². The molecule has 340 valence electrons. The van der Waals surface area contributed by atoms with E-state index in [1.807, 2.05) is 0 Å². The van der Waals surface area contributed by atoms with Gasteiger partial charge in [0.15, 0.2) is 36.2 Å². The molecule has 2 fully saturated rings. The molecule has 0 saturated carbocycles. The maximum Gasteiger partial charge on any atom is 0.409 e. The van der Waals surface area contributed by atoms with Crippen LogP contribution < -0.4 is 10.1 Å². The highest BCUT2D eigenvalue weighted by atomic mass is 16.8. The minimum atomic E-state index is -2.24. The number of alkyl carbamates (subject to hydrolysis) is 1. The second-order valence-corrected chi connectivity index (χ2v) is 15.3. The number of hydrogen-bond donors (Lipinski definition) is 5. The molecule has 1 amide bonds. The standard InChI is InChI=1S/C41H45NO21/c1-14-29(47)21(42-40(53)63-39-37(60-18(5)46)35(59-17(4)45)34(58-16(3)44)36(62-39)38(52)56-7)11-24(57-14)61-23-13-41(54,15(2)43)12-20-26(23)33(51)28-27(31(20)49)30(48)19-9-8-10-22(55-6)25(19)32(28)50/h8-10,14,21,23-24,29,34-37,39,47,49,51,54H,11-13H2,1-7H3,(H,42,53)/t14-,21-,23-,24-,29+,34-,35-,36-,37+,39-,41-/m0/s1. The van der Waals surface area contributed by atoms with Gasteiger partial charge in [0.2, 0.25) is 18.2 Å². The first kappa shape index (κ1) is 46.3. The highest BCUT2D eigenvalue weighted by Crippen LogP contribution is 2.52. The predicted molar refractivity (Wildman–Crippen MR) is 203 cm³/mol. The second-order valence-electron chi connectivity index (χ2n) is 15.3. The number of carbonyl (C=O) groups excluding carboxylic acids is 8. The number of ketones is 3. The molecule has 63 heavy (non-hydrogen) atoms. The van der Waals surface area contributed by atoms with Gasteiger partial charge in [-0.3, -0.25) is 28.8 Å². The smallest absolute Gasteiger partial charge is 0.409 e. The number of phenols is 2. The van der Waals surface area contributed by atoms with E-state index in [1.54, 1.807) is 0 Å². The monoisotopic (exact) mass is 887 g/mol. The lowest BCUT2D eigenvalue weighted by atomic mass is 9.72. The molecule has 0 unspecified atom stereocenters. The molecule has 2 aromatic rings. The number of aliphatic hydroxyl groups is 2.